The summed E-state index contributed by atoms with van der Waals surface area (Å²) in [5.41, 5.74) is 1.17. The Bertz CT molecular complexity index is 425. The number of nitrogens with one attached hydrogen (secondary N) is 1. The number of hydrogen-bond donors (Lipinski definition) is 1. The van der Waals surface area contributed by atoms with Crippen LogP contribution in [0.3, 0.4) is 0 Å². The molecule has 1 unspecified atom stereocenters. The molecule has 0 fully saturated rings. The van der Waals surface area contributed by atoms with E-state index in [1.165, 1.54) is 5.56 Å². The second-order valence-corrected chi connectivity index (χ2v) is 5.04. The number of fused-ring (bicyclic) bond motifs is 1. The number of hydrogen-bond acceptors (Lipinski definition) is 5. The van der Waals surface area contributed by atoms with Gasteiger partial charge in [-0.3, -0.25) is 0 Å². The fraction of sp³-hybridized carbons (Fsp3) is 0.625. The van der Waals surface area contributed by atoms with Crippen molar-refractivity contribution in [1.82, 2.24) is 5.32 Å². The van der Waals surface area contributed by atoms with E-state index in [9.17, 15) is 0 Å². The van der Waals surface area contributed by atoms with Crippen molar-refractivity contribution >= 4 is 0 Å². The second-order valence-electron chi connectivity index (χ2n) is 5.04. The van der Waals surface area contributed by atoms with Gasteiger partial charge in [0, 0.05) is 20.3 Å². The molecule has 1 aromatic carbocycles. The maximum Gasteiger partial charge on any atom is 0.231 e. The van der Waals surface area contributed by atoms with Gasteiger partial charge in [0.2, 0.25) is 6.79 Å². The van der Waals surface area contributed by atoms with E-state index < -0.39 is 0 Å². The minimum atomic E-state index is 0.169. The van der Waals surface area contributed by atoms with Crippen LogP contribution >= 0.6 is 0 Å². The Hall–Kier alpha value is -1.30. The maximum absolute atomic E-state index is 5.75. The summed E-state index contributed by atoms with van der Waals surface area (Å²) in [6, 6.07) is 6.23. The van der Waals surface area contributed by atoms with Crippen molar-refractivity contribution in [3.05, 3.63) is 23.8 Å². The molecule has 1 heterocycles. The highest BCUT2D eigenvalue weighted by Crippen LogP contribution is 2.34. The molecular formula is C16H25NO4. The Labute approximate surface area is 126 Å². The average Bonchev–Trinajstić information content (AvgIpc) is 2.97. The highest BCUT2D eigenvalue weighted by molar-refractivity contribution is 5.45. The molecule has 21 heavy (non-hydrogen) atoms. The summed E-state index contributed by atoms with van der Waals surface area (Å²) < 4.78 is 21.6. The largest absolute Gasteiger partial charge is 0.454 e. The highest BCUT2D eigenvalue weighted by Gasteiger charge is 2.17. The summed E-state index contributed by atoms with van der Waals surface area (Å²) >= 11 is 0. The lowest BCUT2D eigenvalue weighted by atomic mass is 10.1. The molecule has 1 aliphatic rings. The van der Waals surface area contributed by atoms with Crippen molar-refractivity contribution < 1.29 is 18.9 Å². The van der Waals surface area contributed by atoms with E-state index in [0.717, 1.165) is 37.5 Å². The van der Waals surface area contributed by atoms with Gasteiger partial charge in [-0.2, -0.15) is 0 Å². The van der Waals surface area contributed by atoms with Crippen LogP contribution in [-0.2, 0) is 9.47 Å². The van der Waals surface area contributed by atoms with Gasteiger partial charge >= 0.3 is 0 Å². The topological polar surface area (TPSA) is 49.0 Å². The first kappa shape index (κ1) is 16.1. The van der Waals surface area contributed by atoms with Crippen LogP contribution in [0.15, 0.2) is 18.2 Å². The summed E-state index contributed by atoms with van der Waals surface area (Å²) in [4.78, 5) is 0. The van der Waals surface area contributed by atoms with Crippen LogP contribution in [0, 0.1) is 0 Å². The van der Waals surface area contributed by atoms with Gasteiger partial charge in [0.25, 0.3) is 0 Å². The Morgan fingerprint density at radius 2 is 2.10 bits per heavy atom. The smallest absolute Gasteiger partial charge is 0.231 e. The predicted molar refractivity (Wildman–Crippen MR) is 80.9 cm³/mol. The van der Waals surface area contributed by atoms with Gasteiger partial charge < -0.3 is 24.3 Å². The fourth-order valence-electron chi connectivity index (χ4n) is 2.23. The Morgan fingerprint density at radius 1 is 1.24 bits per heavy atom. The molecule has 0 aliphatic carbocycles. The Morgan fingerprint density at radius 3 is 2.90 bits per heavy atom. The van der Waals surface area contributed by atoms with E-state index in [-0.39, 0.29) is 6.04 Å². The maximum atomic E-state index is 5.75. The standard InChI is InChI=1S/C16H25NO4/c1-3-7-17-14(11-19-9-4-8-18-2)13-5-6-15-16(10-13)21-12-20-15/h5-6,10,14,17H,3-4,7-9,11-12H2,1-2H3. The summed E-state index contributed by atoms with van der Waals surface area (Å²) in [7, 11) is 1.71. The van der Waals surface area contributed by atoms with Crippen LogP contribution in [0.25, 0.3) is 0 Å². The van der Waals surface area contributed by atoms with Crippen molar-refractivity contribution in [2.24, 2.45) is 0 Å². The lowest BCUT2D eigenvalue weighted by molar-refractivity contribution is 0.0874. The van der Waals surface area contributed by atoms with Crippen LogP contribution < -0.4 is 14.8 Å². The van der Waals surface area contributed by atoms with Crippen LogP contribution in [0.4, 0.5) is 0 Å². The van der Waals surface area contributed by atoms with Crippen molar-refractivity contribution in [2.45, 2.75) is 25.8 Å². The van der Waals surface area contributed by atoms with Gasteiger partial charge in [-0.15, -0.1) is 0 Å². The van der Waals surface area contributed by atoms with Crippen LogP contribution in [0.2, 0.25) is 0 Å². The molecule has 0 saturated heterocycles. The zero-order valence-electron chi connectivity index (χ0n) is 12.9. The van der Waals surface area contributed by atoms with Crippen LogP contribution in [-0.4, -0.2) is 40.3 Å². The van der Waals surface area contributed by atoms with Crippen molar-refractivity contribution in [2.75, 3.05) is 40.3 Å². The predicted octanol–water partition coefficient (Wildman–Crippen LogP) is 2.51. The first-order valence-electron chi connectivity index (χ1n) is 7.54. The number of benzene rings is 1. The van der Waals surface area contributed by atoms with E-state index in [1.807, 2.05) is 12.1 Å². The van der Waals surface area contributed by atoms with Gasteiger partial charge in [-0.1, -0.05) is 13.0 Å². The molecule has 1 N–H and O–H groups in total. The molecule has 0 radical (unpaired) electrons. The third kappa shape index (κ3) is 4.88. The van der Waals surface area contributed by atoms with E-state index >= 15 is 0 Å². The molecule has 5 heteroatoms. The van der Waals surface area contributed by atoms with Crippen molar-refractivity contribution in [3.63, 3.8) is 0 Å². The quantitative estimate of drug-likeness (QED) is 0.672. The summed E-state index contributed by atoms with van der Waals surface area (Å²) in [6.07, 6.45) is 2.00. The number of rotatable bonds is 10. The summed E-state index contributed by atoms with van der Waals surface area (Å²) in [5, 5.41) is 3.52. The van der Waals surface area contributed by atoms with Crippen LogP contribution in [0.5, 0.6) is 11.5 Å². The second kappa shape index (κ2) is 8.87. The van der Waals surface area contributed by atoms with E-state index in [0.29, 0.717) is 20.0 Å². The zero-order valence-corrected chi connectivity index (χ0v) is 12.9. The lowest BCUT2D eigenvalue weighted by Crippen LogP contribution is -2.26. The number of ether oxygens (including phenoxy) is 4. The summed E-state index contributed by atoms with van der Waals surface area (Å²) in [5.74, 6) is 1.63. The minimum absolute atomic E-state index is 0.169. The molecular weight excluding hydrogens is 270 g/mol. The zero-order chi connectivity index (χ0) is 14.9. The third-order valence-electron chi connectivity index (χ3n) is 3.36. The van der Waals surface area contributed by atoms with E-state index in [2.05, 4.69) is 18.3 Å². The fourth-order valence-corrected chi connectivity index (χ4v) is 2.23. The van der Waals surface area contributed by atoms with Crippen molar-refractivity contribution in [3.8, 4) is 11.5 Å². The lowest BCUT2D eigenvalue weighted by Gasteiger charge is -2.19. The molecule has 1 aromatic rings. The first-order chi connectivity index (χ1) is 10.3. The molecule has 1 aliphatic heterocycles. The normalized spacial score (nSPS) is 14.4. The van der Waals surface area contributed by atoms with Gasteiger partial charge in [0.1, 0.15) is 0 Å². The van der Waals surface area contributed by atoms with Gasteiger partial charge in [-0.25, -0.2) is 0 Å². The molecule has 5 nitrogen and oxygen atoms in total. The van der Waals surface area contributed by atoms with Gasteiger partial charge in [0.05, 0.1) is 12.6 Å². The molecule has 0 spiro atoms. The highest BCUT2D eigenvalue weighted by atomic mass is 16.7. The Balaban J connectivity index is 1.91. The molecule has 0 bridgehead atoms. The molecule has 0 amide bonds. The number of methoxy groups -OCH3 is 1. The SMILES string of the molecule is CCCNC(COCCCOC)c1ccc2c(c1)OCO2. The molecule has 0 saturated carbocycles. The molecule has 118 valence electrons. The average molecular weight is 295 g/mol. The van der Waals surface area contributed by atoms with Crippen molar-refractivity contribution in [1.29, 1.82) is 0 Å². The summed E-state index contributed by atoms with van der Waals surface area (Å²) in [6.45, 7) is 5.51. The minimum Gasteiger partial charge on any atom is -0.454 e. The molecule has 0 aromatic heterocycles. The molecule has 1 atom stereocenters. The first-order valence-corrected chi connectivity index (χ1v) is 7.54. The monoisotopic (exact) mass is 295 g/mol. The van der Waals surface area contributed by atoms with Gasteiger partial charge in [0.15, 0.2) is 11.5 Å². The van der Waals surface area contributed by atoms with Gasteiger partial charge in [-0.05, 0) is 37.1 Å². The molecule has 2 rings (SSSR count). The third-order valence-corrected chi connectivity index (χ3v) is 3.36. The Kier molecular flexibility index (Phi) is 6.79. The van der Waals surface area contributed by atoms with E-state index in [4.69, 9.17) is 18.9 Å². The van der Waals surface area contributed by atoms with E-state index in [1.54, 1.807) is 7.11 Å². The van der Waals surface area contributed by atoms with Crippen LogP contribution in [0.1, 0.15) is 31.4 Å².